The fourth-order valence-corrected chi connectivity index (χ4v) is 3.34. The number of likely N-dealkylation sites (tertiary alicyclic amines) is 1. The van der Waals surface area contributed by atoms with Crippen LogP contribution in [0.25, 0.3) is 0 Å². The lowest BCUT2D eigenvalue weighted by atomic mass is 9.97. The first-order valence-corrected chi connectivity index (χ1v) is 8.08. The molecule has 2 aliphatic heterocycles. The molecule has 4 nitrogen and oxygen atoms in total. The van der Waals surface area contributed by atoms with Crippen molar-refractivity contribution in [3.8, 4) is 0 Å². The van der Waals surface area contributed by atoms with Crippen molar-refractivity contribution in [2.45, 2.75) is 31.8 Å². The summed E-state index contributed by atoms with van der Waals surface area (Å²) in [4.78, 5) is 14.7. The minimum atomic E-state index is 0.217. The summed E-state index contributed by atoms with van der Waals surface area (Å²) in [7, 11) is 0. The molecule has 1 amide bonds. The Hall–Kier alpha value is -1.39. The number of amides is 1. The molecule has 0 saturated carbocycles. The van der Waals surface area contributed by atoms with Crippen LogP contribution >= 0.6 is 0 Å². The summed E-state index contributed by atoms with van der Waals surface area (Å²) >= 11 is 0. The number of carbonyl (C=O) groups excluding carboxylic acids is 1. The second-order valence-corrected chi connectivity index (χ2v) is 6.24. The highest BCUT2D eigenvalue weighted by molar-refractivity contribution is 5.79. The molecule has 0 aromatic heterocycles. The number of nitrogens with one attached hydrogen (secondary N) is 2. The number of hydrogen-bond donors (Lipinski definition) is 2. The molecule has 2 N–H and O–H groups in total. The molecule has 21 heavy (non-hydrogen) atoms. The van der Waals surface area contributed by atoms with E-state index in [4.69, 9.17) is 0 Å². The summed E-state index contributed by atoms with van der Waals surface area (Å²) in [5, 5.41) is 6.57. The zero-order valence-corrected chi connectivity index (χ0v) is 12.6. The smallest absolute Gasteiger partial charge is 0.223 e. The van der Waals surface area contributed by atoms with Crippen LogP contribution in [-0.4, -0.2) is 43.0 Å². The number of piperidine rings is 1. The van der Waals surface area contributed by atoms with Crippen LogP contribution in [0.5, 0.6) is 0 Å². The molecule has 114 valence electrons. The van der Waals surface area contributed by atoms with E-state index in [1.54, 1.807) is 0 Å². The van der Waals surface area contributed by atoms with E-state index >= 15 is 0 Å². The zero-order valence-electron chi connectivity index (χ0n) is 12.6. The number of benzene rings is 1. The average Bonchev–Trinajstić information content (AvgIpc) is 2.96. The second-order valence-electron chi connectivity index (χ2n) is 6.24. The third kappa shape index (κ3) is 4.05. The topological polar surface area (TPSA) is 44.4 Å². The predicted molar refractivity (Wildman–Crippen MR) is 83.9 cm³/mol. The largest absolute Gasteiger partial charge is 0.352 e. The van der Waals surface area contributed by atoms with E-state index in [2.05, 4.69) is 45.9 Å². The van der Waals surface area contributed by atoms with E-state index in [9.17, 15) is 4.79 Å². The van der Waals surface area contributed by atoms with Gasteiger partial charge in [-0.2, -0.15) is 0 Å². The van der Waals surface area contributed by atoms with E-state index in [-0.39, 0.29) is 11.8 Å². The lowest BCUT2D eigenvalue weighted by Crippen LogP contribution is -2.43. The Morgan fingerprint density at radius 3 is 2.71 bits per heavy atom. The van der Waals surface area contributed by atoms with Gasteiger partial charge in [0, 0.05) is 31.6 Å². The Bertz CT molecular complexity index is 456. The van der Waals surface area contributed by atoms with Crippen LogP contribution in [0.15, 0.2) is 30.3 Å². The van der Waals surface area contributed by atoms with Gasteiger partial charge in [0.1, 0.15) is 0 Å². The molecule has 0 bridgehead atoms. The Labute approximate surface area is 126 Å². The average molecular weight is 287 g/mol. The SMILES string of the molecule is O=C(NC1CCN(Cc2ccccc2)C1)C1CCNCC1. The number of carbonyl (C=O) groups is 1. The van der Waals surface area contributed by atoms with E-state index in [0.717, 1.165) is 52.0 Å². The normalized spacial score (nSPS) is 24.1. The van der Waals surface area contributed by atoms with Crippen molar-refractivity contribution in [1.82, 2.24) is 15.5 Å². The highest BCUT2D eigenvalue weighted by Gasteiger charge is 2.27. The van der Waals surface area contributed by atoms with Crippen LogP contribution in [0, 0.1) is 5.92 Å². The van der Waals surface area contributed by atoms with Gasteiger partial charge in [0.25, 0.3) is 0 Å². The van der Waals surface area contributed by atoms with Crippen molar-refractivity contribution in [2.24, 2.45) is 5.92 Å². The summed E-state index contributed by atoms with van der Waals surface area (Å²) in [6.07, 6.45) is 3.03. The number of hydrogen-bond acceptors (Lipinski definition) is 3. The number of rotatable bonds is 4. The lowest BCUT2D eigenvalue weighted by Gasteiger charge is -2.24. The van der Waals surface area contributed by atoms with E-state index in [0.29, 0.717) is 6.04 Å². The van der Waals surface area contributed by atoms with E-state index in [1.807, 2.05) is 0 Å². The first-order chi connectivity index (χ1) is 10.3. The molecular formula is C17H25N3O. The van der Waals surface area contributed by atoms with Gasteiger partial charge in [0.15, 0.2) is 0 Å². The monoisotopic (exact) mass is 287 g/mol. The summed E-state index contributed by atoms with van der Waals surface area (Å²) in [5.74, 6) is 0.484. The Morgan fingerprint density at radius 2 is 1.95 bits per heavy atom. The van der Waals surface area contributed by atoms with Crippen molar-refractivity contribution in [2.75, 3.05) is 26.2 Å². The minimum absolute atomic E-state index is 0.217. The molecule has 1 aromatic rings. The summed E-state index contributed by atoms with van der Waals surface area (Å²) in [5.41, 5.74) is 1.35. The quantitative estimate of drug-likeness (QED) is 0.879. The molecule has 1 atom stereocenters. The third-order valence-electron chi connectivity index (χ3n) is 4.58. The van der Waals surface area contributed by atoms with Gasteiger partial charge in [0.05, 0.1) is 0 Å². The van der Waals surface area contributed by atoms with Gasteiger partial charge >= 0.3 is 0 Å². The number of nitrogens with zero attached hydrogens (tertiary/aromatic N) is 1. The van der Waals surface area contributed by atoms with Gasteiger partial charge in [-0.1, -0.05) is 30.3 Å². The molecule has 2 fully saturated rings. The lowest BCUT2D eigenvalue weighted by molar-refractivity contribution is -0.126. The molecule has 2 heterocycles. The van der Waals surface area contributed by atoms with Crippen LogP contribution in [0.4, 0.5) is 0 Å². The van der Waals surface area contributed by atoms with Gasteiger partial charge in [-0.3, -0.25) is 9.69 Å². The molecule has 2 aliphatic rings. The maximum absolute atomic E-state index is 12.3. The fraction of sp³-hybridized carbons (Fsp3) is 0.588. The minimum Gasteiger partial charge on any atom is -0.352 e. The van der Waals surface area contributed by atoms with Gasteiger partial charge < -0.3 is 10.6 Å². The molecule has 2 saturated heterocycles. The van der Waals surface area contributed by atoms with Crippen LogP contribution in [-0.2, 0) is 11.3 Å². The van der Waals surface area contributed by atoms with Crippen molar-refractivity contribution in [3.05, 3.63) is 35.9 Å². The van der Waals surface area contributed by atoms with Crippen molar-refractivity contribution in [3.63, 3.8) is 0 Å². The first kappa shape index (κ1) is 14.5. The van der Waals surface area contributed by atoms with Crippen LogP contribution in [0.3, 0.4) is 0 Å². The fourth-order valence-electron chi connectivity index (χ4n) is 3.34. The molecule has 0 aliphatic carbocycles. The predicted octanol–water partition coefficient (Wildman–Crippen LogP) is 1.38. The highest BCUT2D eigenvalue weighted by Crippen LogP contribution is 2.16. The Morgan fingerprint density at radius 1 is 1.19 bits per heavy atom. The van der Waals surface area contributed by atoms with E-state index < -0.39 is 0 Å². The molecule has 0 spiro atoms. The van der Waals surface area contributed by atoms with Gasteiger partial charge in [-0.15, -0.1) is 0 Å². The summed E-state index contributed by atoms with van der Waals surface area (Å²) < 4.78 is 0. The van der Waals surface area contributed by atoms with Gasteiger partial charge in [0.2, 0.25) is 5.91 Å². The van der Waals surface area contributed by atoms with Crippen LogP contribution in [0.2, 0.25) is 0 Å². The molecule has 1 aromatic carbocycles. The van der Waals surface area contributed by atoms with E-state index in [1.165, 1.54) is 5.56 Å². The maximum Gasteiger partial charge on any atom is 0.223 e. The summed E-state index contributed by atoms with van der Waals surface area (Å²) in [6, 6.07) is 10.9. The highest BCUT2D eigenvalue weighted by atomic mass is 16.2. The van der Waals surface area contributed by atoms with Crippen LogP contribution in [0.1, 0.15) is 24.8 Å². The molecule has 4 heteroatoms. The molecule has 0 radical (unpaired) electrons. The Kier molecular flexibility index (Phi) is 4.88. The molecule has 1 unspecified atom stereocenters. The molecular weight excluding hydrogens is 262 g/mol. The summed E-state index contributed by atoms with van der Waals surface area (Å²) in [6.45, 7) is 4.99. The standard InChI is InChI=1S/C17H25N3O/c21-17(15-6-9-18-10-7-15)19-16-8-11-20(13-16)12-14-4-2-1-3-5-14/h1-5,15-16,18H,6-13H2,(H,19,21). The van der Waals surface area contributed by atoms with Gasteiger partial charge in [-0.25, -0.2) is 0 Å². The first-order valence-electron chi connectivity index (χ1n) is 8.08. The van der Waals surface area contributed by atoms with Crippen molar-refractivity contribution < 1.29 is 4.79 Å². The maximum atomic E-state index is 12.3. The van der Waals surface area contributed by atoms with Crippen molar-refractivity contribution in [1.29, 1.82) is 0 Å². The van der Waals surface area contributed by atoms with Crippen LogP contribution < -0.4 is 10.6 Å². The Balaban J connectivity index is 1.45. The zero-order chi connectivity index (χ0) is 14.5. The third-order valence-corrected chi connectivity index (χ3v) is 4.58. The van der Waals surface area contributed by atoms with Gasteiger partial charge in [-0.05, 0) is 37.9 Å². The molecule has 3 rings (SSSR count). The van der Waals surface area contributed by atoms with Crippen molar-refractivity contribution >= 4 is 5.91 Å². The second kappa shape index (κ2) is 7.05.